The molecule has 3 unspecified atom stereocenters. The minimum absolute atomic E-state index is 0.0559. The van der Waals surface area contributed by atoms with E-state index in [2.05, 4.69) is 20.2 Å². The summed E-state index contributed by atoms with van der Waals surface area (Å²) in [6.45, 7) is 0.927. The Hall–Kier alpha value is -1.85. The van der Waals surface area contributed by atoms with Crippen molar-refractivity contribution < 1.29 is 9.53 Å². The Labute approximate surface area is 111 Å². The Morgan fingerprint density at radius 3 is 3.16 bits per heavy atom. The lowest BCUT2D eigenvalue weighted by Crippen LogP contribution is -2.47. The van der Waals surface area contributed by atoms with Crippen LogP contribution in [0.25, 0.3) is 0 Å². The Kier molecular flexibility index (Phi) is 2.22. The van der Waals surface area contributed by atoms with Gasteiger partial charge in [-0.25, -0.2) is 4.98 Å². The van der Waals surface area contributed by atoms with Crippen LogP contribution in [0.4, 0.5) is 11.5 Å². The van der Waals surface area contributed by atoms with Gasteiger partial charge in [0.1, 0.15) is 18.1 Å². The van der Waals surface area contributed by atoms with Gasteiger partial charge >= 0.3 is 0 Å². The third kappa shape index (κ3) is 1.39. The average Bonchev–Trinajstić information content (AvgIpc) is 2.98. The zero-order valence-electron chi connectivity index (χ0n) is 10.8. The maximum atomic E-state index is 12.4. The molecule has 1 aromatic rings. The maximum Gasteiger partial charge on any atom is 0.247 e. The Balaban J connectivity index is 1.81. The first-order valence-electron chi connectivity index (χ1n) is 6.76. The summed E-state index contributed by atoms with van der Waals surface area (Å²) >= 11 is 0. The van der Waals surface area contributed by atoms with Crippen LogP contribution in [0.15, 0.2) is 6.33 Å². The lowest BCUT2D eigenvalue weighted by atomic mass is 9.93. The molecule has 3 atom stereocenters. The summed E-state index contributed by atoms with van der Waals surface area (Å²) in [7, 11) is 1.56. The maximum absolute atomic E-state index is 12.4. The van der Waals surface area contributed by atoms with Gasteiger partial charge in [0.2, 0.25) is 11.8 Å². The van der Waals surface area contributed by atoms with Crippen molar-refractivity contribution in [1.82, 2.24) is 9.97 Å². The second-order valence-electron chi connectivity index (χ2n) is 5.52. The minimum atomic E-state index is -0.0559. The van der Waals surface area contributed by atoms with Gasteiger partial charge in [0.05, 0.1) is 7.11 Å². The molecule has 2 fully saturated rings. The first kappa shape index (κ1) is 11.0. The zero-order chi connectivity index (χ0) is 13.0. The molecule has 3 heterocycles. The van der Waals surface area contributed by atoms with Crippen molar-refractivity contribution in [1.29, 1.82) is 0 Å². The number of carbonyl (C=O) groups is 1. The number of methoxy groups -OCH3 is 1. The number of ether oxygens (including phenoxy) is 1. The second-order valence-corrected chi connectivity index (χ2v) is 5.52. The van der Waals surface area contributed by atoms with E-state index in [1.807, 2.05) is 0 Å². The molecule has 0 aromatic carbocycles. The van der Waals surface area contributed by atoms with Crippen molar-refractivity contribution >= 4 is 17.4 Å². The van der Waals surface area contributed by atoms with Gasteiger partial charge in [-0.15, -0.1) is 0 Å². The van der Waals surface area contributed by atoms with Crippen molar-refractivity contribution in [2.45, 2.75) is 25.3 Å². The van der Waals surface area contributed by atoms with E-state index in [1.165, 1.54) is 19.2 Å². The molecule has 1 amide bonds. The van der Waals surface area contributed by atoms with E-state index in [-0.39, 0.29) is 11.9 Å². The van der Waals surface area contributed by atoms with Gasteiger partial charge in [0.15, 0.2) is 5.82 Å². The number of aromatic nitrogens is 2. The number of rotatable bonds is 1. The predicted octanol–water partition coefficient (Wildman–Crippen LogP) is 1.04. The minimum Gasteiger partial charge on any atom is -0.479 e. The molecule has 0 bridgehead atoms. The van der Waals surface area contributed by atoms with Crippen LogP contribution in [0.3, 0.4) is 0 Å². The van der Waals surface area contributed by atoms with Crippen molar-refractivity contribution in [2.24, 2.45) is 11.8 Å². The molecule has 0 spiro atoms. The summed E-state index contributed by atoms with van der Waals surface area (Å²) in [6.07, 6.45) is 5.12. The van der Waals surface area contributed by atoms with Crippen LogP contribution in [-0.2, 0) is 4.79 Å². The van der Waals surface area contributed by atoms with Crippen molar-refractivity contribution in [2.75, 3.05) is 23.9 Å². The third-order valence-electron chi connectivity index (χ3n) is 4.67. The number of anilines is 2. The summed E-state index contributed by atoms with van der Waals surface area (Å²) in [5.74, 6) is 2.42. The molecule has 1 saturated heterocycles. The smallest absolute Gasteiger partial charge is 0.247 e. The molecule has 6 nitrogen and oxygen atoms in total. The van der Waals surface area contributed by atoms with E-state index in [9.17, 15) is 4.79 Å². The van der Waals surface area contributed by atoms with Crippen LogP contribution in [0.5, 0.6) is 5.88 Å². The van der Waals surface area contributed by atoms with Gasteiger partial charge in [-0.1, -0.05) is 6.42 Å². The Morgan fingerprint density at radius 1 is 1.42 bits per heavy atom. The number of carbonyl (C=O) groups excluding carboxylic acids is 1. The van der Waals surface area contributed by atoms with Gasteiger partial charge in [0.25, 0.3) is 0 Å². The Morgan fingerprint density at radius 2 is 2.32 bits per heavy atom. The lowest BCUT2D eigenvalue weighted by Gasteiger charge is -2.33. The molecule has 1 N–H and O–H groups in total. The SMILES string of the molecule is COc1ncnc2c1NC(=O)C1C3CCCC3CN21. The van der Waals surface area contributed by atoms with E-state index in [4.69, 9.17) is 4.74 Å². The van der Waals surface area contributed by atoms with Gasteiger partial charge in [0, 0.05) is 6.54 Å². The van der Waals surface area contributed by atoms with Crippen LogP contribution in [0.2, 0.25) is 0 Å². The number of hydrogen-bond acceptors (Lipinski definition) is 5. The largest absolute Gasteiger partial charge is 0.479 e. The topological polar surface area (TPSA) is 67.4 Å². The van der Waals surface area contributed by atoms with Gasteiger partial charge in [-0.3, -0.25) is 4.79 Å². The van der Waals surface area contributed by atoms with Crippen LogP contribution in [-0.4, -0.2) is 35.6 Å². The molecular weight excluding hydrogens is 244 g/mol. The highest BCUT2D eigenvalue weighted by molar-refractivity contribution is 6.04. The highest BCUT2D eigenvalue weighted by atomic mass is 16.5. The number of nitrogens with zero attached hydrogens (tertiary/aromatic N) is 3. The molecule has 2 aliphatic heterocycles. The van der Waals surface area contributed by atoms with E-state index >= 15 is 0 Å². The molecular formula is C13H16N4O2. The molecule has 3 aliphatic rings. The number of amides is 1. The summed E-state index contributed by atoms with van der Waals surface area (Å²) in [6, 6.07) is -0.0559. The molecule has 19 heavy (non-hydrogen) atoms. The lowest BCUT2D eigenvalue weighted by molar-refractivity contribution is -0.118. The molecule has 1 aromatic heterocycles. The second kappa shape index (κ2) is 3.82. The highest BCUT2D eigenvalue weighted by Crippen LogP contribution is 2.48. The van der Waals surface area contributed by atoms with E-state index in [1.54, 1.807) is 7.11 Å². The van der Waals surface area contributed by atoms with Crippen LogP contribution >= 0.6 is 0 Å². The highest BCUT2D eigenvalue weighted by Gasteiger charge is 2.51. The van der Waals surface area contributed by atoms with Crippen LogP contribution in [0, 0.1) is 11.8 Å². The van der Waals surface area contributed by atoms with Crippen molar-refractivity contribution in [3.05, 3.63) is 6.33 Å². The van der Waals surface area contributed by atoms with E-state index < -0.39 is 0 Å². The summed E-state index contributed by atoms with van der Waals surface area (Å²) in [5, 5.41) is 2.93. The molecule has 4 rings (SSSR count). The third-order valence-corrected chi connectivity index (χ3v) is 4.67. The number of nitrogens with one attached hydrogen (secondary N) is 1. The fourth-order valence-corrected chi connectivity index (χ4v) is 3.90. The fraction of sp³-hybridized carbons (Fsp3) is 0.615. The first-order chi connectivity index (χ1) is 9.29. The molecule has 6 heteroatoms. The van der Waals surface area contributed by atoms with Gasteiger partial charge in [-0.05, 0) is 24.7 Å². The summed E-state index contributed by atoms with van der Waals surface area (Å²) in [4.78, 5) is 22.9. The first-order valence-corrected chi connectivity index (χ1v) is 6.76. The zero-order valence-corrected chi connectivity index (χ0v) is 10.8. The summed E-state index contributed by atoms with van der Waals surface area (Å²) in [5.41, 5.74) is 0.617. The van der Waals surface area contributed by atoms with E-state index in [0.717, 1.165) is 18.8 Å². The predicted molar refractivity (Wildman–Crippen MR) is 69.2 cm³/mol. The number of fused-ring (bicyclic) bond motifs is 5. The van der Waals surface area contributed by atoms with Crippen molar-refractivity contribution in [3.8, 4) is 5.88 Å². The van der Waals surface area contributed by atoms with Crippen LogP contribution in [0.1, 0.15) is 19.3 Å². The molecule has 0 radical (unpaired) electrons. The fourth-order valence-electron chi connectivity index (χ4n) is 3.90. The average molecular weight is 260 g/mol. The Bertz CT molecular complexity index is 547. The number of hydrogen-bond donors (Lipinski definition) is 1. The normalized spacial score (nSPS) is 31.5. The molecule has 1 aliphatic carbocycles. The van der Waals surface area contributed by atoms with Crippen molar-refractivity contribution in [3.63, 3.8) is 0 Å². The molecule has 1 saturated carbocycles. The van der Waals surface area contributed by atoms with Gasteiger partial charge in [-0.2, -0.15) is 4.98 Å². The van der Waals surface area contributed by atoms with Crippen LogP contribution < -0.4 is 15.0 Å². The standard InChI is InChI=1S/C13H16N4O2/c1-19-13-9-11(14-6-15-13)17-5-7-3-2-4-8(7)10(17)12(18)16-9/h6-8,10H,2-5H2,1H3,(H,16,18). The summed E-state index contributed by atoms with van der Waals surface area (Å²) < 4.78 is 5.21. The quantitative estimate of drug-likeness (QED) is 0.817. The monoisotopic (exact) mass is 260 g/mol. The van der Waals surface area contributed by atoms with Gasteiger partial charge < -0.3 is 15.0 Å². The molecule has 100 valence electrons. The van der Waals surface area contributed by atoms with E-state index in [0.29, 0.717) is 23.4 Å².